The molecule has 2 atom stereocenters. The molecule has 5 rings (SSSR count). The summed E-state index contributed by atoms with van der Waals surface area (Å²) < 4.78 is 10.4. The number of amides is 1. The van der Waals surface area contributed by atoms with Crippen LogP contribution in [-0.4, -0.2) is 43.1 Å². The number of ether oxygens (including phenoxy) is 2. The van der Waals surface area contributed by atoms with E-state index < -0.39 is 29.4 Å². The molecule has 0 radical (unpaired) electrons. The molecule has 0 aliphatic carbocycles. The van der Waals surface area contributed by atoms with Gasteiger partial charge in [0.15, 0.2) is 5.41 Å². The summed E-state index contributed by atoms with van der Waals surface area (Å²) in [6.07, 6.45) is 3.64. The lowest BCUT2D eigenvalue weighted by molar-refractivity contribution is -0.175. The maximum absolute atomic E-state index is 14.2. The van der Waals surface area contributed by atoms with Crippen LogP contribution in [0.3, 0.4) is 0 Å². The highest BCUT2D eigenvalue weighted by Crippen LogP contribution is 2.51. The number of nitrogens with zero attached hydrogens (tertiary/aromatic N) is 2. The van der Waals surface area contributed by atoms with Crippen molar-refractivity contribution in [3.63, 3.8) is 0 Å². The first-order chi connectivity index (χ1) is 17.5. The third-order valence-corrected chi connectivity index (χ3v) is 6.97. The fraction of sp³-hybridized carbons (Fsp3) is 0.207. The lowest BCUT2D eigenvalue weighted by atomic mass is 9.70. The molecular formula is C29H26N2O5. The van der Waals surface area contributed by atoms with Crippen molar-refractivity contribution in [1.82, 2.24) is 5.01 Å². The zero-order chi connectivity index (χ0) is 25.3. The molecule has 7 heteroatoms. The largest absolute Gasteiger partial charge is 0.468 e. The van der Waals surface area contributed by atoms with Crippen molar-refractivity contribution < 1.29 is 23.9 Å². The van der Waals surface area contributed by atoms with Crippen molar-refractivity contribution in [2.45, 2.75) is 18.5 Å². The molecule has 0 bridgehead atoms. The van der Waals surface area contributed by atoms with Crippen LogP contribution in [0.1, 0.15) is 33.9 Å². The second-order valence-electron chi connectivity index (χ2n) is 8.81. The quantitative estimate of drug-likeness (QED) is 0.405. The third kappa shape index (κ3) is 3.55. The highest BCUT2D eigenvalue weighted by molar-refractivity contribution is 6.04. The molecule has 1 fully saturated rings. The minimum Gasteiger partial charge on any atom is -0.468 e. The average Bonchev–Trinajstić information content (AvgIpc) is 2.95. The summed E-state index contributed by atoms with van der Waals surface area (Å²) in [6, 6.07) is 24.5. The molecule has 0 saturated carbocycles. The molecule has 182 valence electrons. The Kier molecular flexibility index (Phi) is 6.06. The molecule has 0 unspecified atom stereocenters. The summed E-state index contributed by atoms with van der Waals surface area (Å²) >= 11 is 0. The average molecular weight is 483 g/mol. The van der Waals surface area contributed by atoms with Crippen LogP contribution in [0.2, 0.25) is 0 Å². The lowest BCUT2D eigenvalue weighted by Gasteiger charge is -2.56. The summed E-state index contributed by atoms with van der Waals surface area (Å²) in [4.78, 5) is 41.2. The van der Waals surface area contributed by atoms with Crippen molar-refractivity contribution >= 4 is 29.6 Å². The molecule has 2 heterocycles. The highest BCUT2D eigenvalue weighted by atomic mass is 16.5. The van der Waals surface area contributed by atoms with E-state index >= 15 is 0 Å². The number of rotatable bonds is 4. The third-order valence-electron chi connectivity index (χ3n) is 6.97. The number of para-hydroxylation sites is 1. The number of hydrogen-bond acceptors (Lipinski definition) is 6. The molecule has 2 aliphatic rings. The molecule has 2 aliphatic heterocycles. The van der Waals surface area contributed by atoms with Crippen molar-refractivity contribution in [1.29, 1.82) is 0 Å². The Balaban J connectivity index is 1.80. The first-order valence-corrected chi connectivity index (χ1v) is 11.7. The van der Waals surface area contributed by atoms with Gasteiger partial charge >= 0.3 is 11.9 Å². The molecule has 0 aromatic heterocycles. The Morgan fingerprint density at radius 1 is 0.806 bits per heavy atom. The number of anilines is 1. The molecular weight excluding hydrogens is 456 g/mol. The first-order valence-electron chi connectivity index (χ1n) is 11.7. The standard InChI is InChI=1S/C29H26N2O5/c1-35-27(33)29(28(34)36-2)19-24(20-11-5-3-6-12-20)31(26(32)22-14-7-4-8-15-22)30-23-16-10-9-13-21(23)17-18-25(29)30/h3-18,24-25H,19H2,1-2H3/t24-,25+/m0/s1. The Labute approximate surface area is 209 Å². The number of esters is 2. The van der Waals surface area contributed by atoms with E-state index in [1.807, 2.05) is 78.9 Å². The summed E-state index contributed by atoms with van der Waals surface area (Å²) in [7, 11) is 2.52. The van der Waals surface area contributed by atoms with Gasteiger partial charge in [-0.1, -0.05) is 78.9 Å². The zero-order valence-electron chi connectivity index (χ0n) is 20.0. The van der Waals surface area contributed by atoms with Gasteiger partial charge < -0.3 is 9.47 Å². The Bertz CT molecular complexity index is 1310. The van der Waals surface area contributed by atoms with Crippen molar-refractivity contribution in [2.75, 3.05) is 19.2 Å². The predicted octanol–water partition coefficient (Wildman–Crippen LogP) is 4.42. The number of fused-ring (bicyclic) bond motifs is 3. The van der Waals surface area contributed by atoms with Crippen LogP contribution in [0.5, 0.6) is 0 Å². The second-order valence-corrected chi connectivity index (χ2v) is 8.81. The van der Waals surface area contributed by atoms with E-state index in [-0.39, 0.29) is 12.3 Å². The van der Waals surface area contributed by atoms with Gasteiger partial charge in [0.05, 0.1) is 32.0 Å². The summed E-state index contributed by atoms with van der Waals surface area (Å²) in [5, 5.41) is 3.43. The first kappa shape index (κ1) is 23.4. The number of benzene rings is 3. The highest BCUT2D eigenvalue weighted by Gasteiger charge is 2.63. The molecule has 36 heavy (non-hydrogen) atoms. The van der Waals surface area contributed by atoms with Gasteiger partial charge in [0.1, 0.15) is 0 Å². The van der Waals surface area contributed by atoms with Crippen LogP contribution in [-0.2, 0) is 19.1 Å². The monoisotopic (exact) mass is 482 g/mol. The van der Waals surface area contributed by atoms with Gasteiger partial charge in [-0.05, 0) is 29.3 Å². The number of hydrazine groups is 1. The van der Waals surface area contributed by atoms with E-state index in [9.17, 15) is 14.4 Å². The van der Waals surface area contributed by atoms with Gasteiger partial charge in [-0.15, -0.1) is 0 Å². The van der Waals surface area contributed by atoms with Gasteiger partial charge in [0, 0.05) is 12.0 Å². The summed E-state index contributed by atoms with van der Waals surface area (Å²) in [6.45, 7) is 0. The molecule has 3 aromatic rings. The minimum atomic E-state index is -1.71. The normalized spacial score (nSPS) is 19.6. The number of carbonyl (C=O) groups is 3. The zero-order valence-corrected chi connectivity index (χ0v) is 20.0. The van der Waals surface area contributed by atoms with Crippen LogP contribution in [0, 0.1) is 5.41 Å². The SMILES string of the molecule is COC(=O)C1(C(=O)OC)C[C@@H](c2ccccc2)N(C(=O)c2ccccc2)N2c3ccccc3C=C[C@@H]21. The second kappa shape index (κ2) is 9.34. The van der Waals surface area contributed by atoms with E-state index in [4.69, 9.17) is 9.47 Å². The maximum atomic E-state index is 14.2. The molecule has 1 amide bonds. The smallest absolute Gasteiger partial charge is 0.325 e. The Hall–Kier alpha value is -4.39. The number of methoxy groups -OCH3 is 2. The topological polar surface area (TPSA) is 76.2 Å². The lowest BCUT2D eigenvalue weighted by Crippen LogP contribution is -2.68. The Morgan fingerprint density at radius 3 is 2.03 bits per heavy atom. The number of hydrogen-bond donors (Lipinski definition) is 0. The van der Waals surface area contributed by atoms with Crippen LogP contribution in [0.4, 0.5) is 5.69 Å². The van der Waals surface area contributed by atoms with Gasteiger partial charge in [0.2, 0.25) is 0 Å². The van der Waals surface area contributed by atoms with Gasteiger partial charge in [-0.25, -0.2) is 5.01 Å². The molecule has 7 nitrogen and oxygen atoms in total. The van der Waals surface area contributed by atoms with Crippen LogP contribution < -0.4 is 5.01 Å². The molecule has 0 N–H and O–H groups in total. The van der Waals surface area contributed by atoms with E-state index in [0.29, 0.717) is 11.3 Å². The van der Waals surface area contributed by atoms with Crippen LogP contribution in [0.25, 0.3) is 6.08 Å². The fourth-order valence-corrected chi connectivity index (χ4v) is 5.29. The van der Waals surface area contributed by atoms with Gasteiger partial charge in [0.25, 0.3) is 5.91 Å². The predicted molar refractivity (Wildman–Crippen MR) is 135 cm³/mol. The van der Waals surface area contributed by atoms with Crippen LogP contribution in [0.15, 0.2) is 91.0 Å². The van der Waals surface area contributed by atoms with Gasteiger partial charge in [-0.2, -0.15) is 0 Å². The van der Waals surface area contributed by atoms with Crippen molar-refractivity contribution in [2.24, 2.45) is 5.41 Å². The number of carbonyl (C=O) groups excluding carboxylic acids is 3. The van der Waals surface area contributed by atoms with Crippen LogP contribution >= 0.6 is 0 Å². The molecule has 3 aromatic carbocycles. The molecule has 0 spiro atoms. The van der Waals surface area contributed by atoms with Gasteiger partial charge in [-0.3, -0.25) is 19.4 Å². The fourth-order valence-electron chi connectivity index (χ4n) is 5.29. The van der Waals surface area contributed by atoms with E-state index in [1.165, 1.54) is 14.2 Å². The summed E-state index contributed by atoms with van der Waals surface area (Å²) in [5.74, 6) is -1.66. The Morgan fingerprint density at radius 2 is 1.39 bits per heavy atom. The molecule has 1 saturated heterocycles. The van der Waals surface area contributed by atoms with Crippen molar-refractivity contribution in [3.8, 4) is 0 Å². The minimum absolute atomic E-state index is 0.0113. The van der Waals surface area contributed by atoms with E-state index in [2.05, 4.69) is 0 Å². The summed E-state index contributed by atoms with van der Waals surface area (Å²) in [5.41, 5.74) is 1.13. The maximum Gasteiger partial charge on any atom is 0.325 e. The van der Waals surface area contributed by atoms with Crippen molar-refractivity contribution in [3.05, 3.63) is 108 Å². The van der Waals surface area contributed by atoms with E-state index in [0.717, 1.165) is 11.1 Å². The van der Waals surface area contributed by atoms with E-state index in [1.54, 1.807) is 28.2 Å².